The zero-order valence-corrected chi connectivity index (χ0v) is 14.6. The van der Waals surface area contributed by atoms with Gasteiger partial charge in [-0.3, -0.25) is 13.9 Å². The van der Waals surface area contributed by atoms with Crippen LogP contribution in [0.4, 0.5) is 0 Å². The van der Waals surface area contributed by atoms with Crippen molar-refractivity contribution in [3.8, 4) is 0 Å². The fourth-order valence-electron chi connectivity index (χ4n) is 3.42. The summed E-state index contributed by atoms with van der Waals surface area (Å²) in [6.07, 6.45) is 11.5. The number of hydrogen-bond donors (Lipinski definition) is 0. The lowest BCUT2D eigenvalue weighted by Crippen LogP contribution is -2.46. The van der Waals surface area contributed by atoms with Crippen LogP contribution in [0.25, 0.3) is 4.96 Å². The largest absolute Gasteiger partial charge is 0.338 e. The van der Waals surface area contributed by atoms with Crippen molar-refractivity contribution >= 4 is 22.2 Å². The third kappa shape index (κ3) is 3.08. The Hall–Kier alpha value is -2.15. The molecule has 3 aromatic rings. The molecule has 7 heteroatoms. The molecule has 0 spiro atoms. The number of amides is 1. The molecule has 6 nitrogen and oxygen atoms in total. The average Bonchev–Trinajstić information content (AvgIpc) is 3.24. The number of likely N-dealkylation sites (tertiary alicyclic amines) is 1. The lowest BCUT2D eigenvalue weighted by atomic mass is 10.0. The van der Waals surface area contributed by atoms with Gasteiger partial charge in [0.15, 0.2) is 4.96 Å². The predicted octanol–water partition coefficient (Wildman–Crippen LogP) is 2.52. The highest BCUT2D eigenvalue weighted by atomic mass is 32.1. The predicted molar refractivity (Wildman–Crippen MR) is 93.1 cm³/mol. The average molecular weight is 343 g/mol. The molecule has 126 valence electrons. The van der Waals surface area contributed by atoms with E-state index in [9.17, 15) is 4.79 Å². The van der Waals surface area contributed by atoms with Gasteiger partial charge in [0, 0.05) is 30.5 Å². The molecule has 1 aliphatic heterocycles. The zero-order chi connectivity index (χ0) is 16.5. The summed E-state index contributed by atoms with van der Waals surface area (Å²) in [6.45, 7) is 3.65. The molecule has 0 aliphatic carbocycles. The van der Waals surface area contributed by atoms with E-state index in [-0.39, 0.29) is 11.9 Å². The standard InChI is InChI=1S/C17H21N5OS/c1-13-9-18-21(10-13)12-15-4-2-3-5-22(15)16(23)8-14-11-20-6-7-24-17(20)19-14/h6-7,9-11,15H,2-5,8,12H2,1H3/t15-/m1/s1. The molecular formula is C17H21N5OS. The summed E-state index contributed by atoms with van der Waals surface area (Å²) < 4.78 is 3.94. The molecule has 0 N–H and O–H groups in total. The smallest absolute Gasteiger partial charge is 0.228 e. The van der Waals surface area contributed by atoms with E-state index >= 15 is 0 Å². The molecule has 1 amide bonds. The highest BCUT2D eigenvalue weighted by molar-refractivity contribution is 7.15. The fourth-order valence-corrected chi connectivity index (χ4v) is 4.14. The molecule has 0 aromatic carbocycles. The number of piperidine rings is 1. The van der Waals surface area contributed by atoms with Crippen LogP contribution in [0.3, 0.4) is 0 Å². The topological polar surface area (TPSA) is 55.4 Å². The van der Waals surface area contributed by atoms with Gasteiger partial charge in [-0.15, -0.1) is 11.3 Å². The number of aromatic nitrogens is 4. The van der Waals surface area contributed by atoms with Crippen LogP contribution >= 0.6 is 11.3 Å². The van der Waals surface area contributed by atoms with Gasteiger partial charge < -0.3 is 4.90 Å². The molecule has 0 bridgehead atoms. The maximum Gasteiger partial charge on any atom is 0.228 e. The number of rotatable bonds is 4. The second-order valence-corrected chi connectivity index (χ2v) is 7.35. The first-order chi connectivity index (χ1) is 11.7. The van der Waals surface area contributed by atoms with E-state index in [0.29, 0.717) is 6.42 Å². The van der Waals surface area contributed by atoms with Crippen molar-refractivity contribution in [3.05, 3.63) is 41.4 Å². The molecule has 0 saturated carbocycles. The van der Waals surface area contributed by atoms with Crippen molar-refractivity contribution in [3.63, 3.8) is 0 Å². The Morgan fingerprint density at radius 1 is 1.38 bits per heavy atom. The number of fused-ring (bicyclic) bond motifs is 1. The van der Waals surface area contributed by atoms with Gasteiger partial charge in [-0.2, -0.15) is 5.10 Å². The third-order valence-corrected chi connectivity index (χ3v) is 5.35. The Morgan fingerprint density at radius 3 is 3.08 bits per heavy atom. The number of aryl methyl sites for hydroxylation is 1. The van der Waals surface area contributed by atoms with Crippen LogP contribution in [0, 0.1) is 6.92 Å². The molecule has 24 heavy (non-hydrogen) atoms. The fraction of sp³-hybridized carbons (Fsp3) is 0.471. The number of carbonyl (C=O) groups is 1. The second-order valence-electron chi connectivity index (χ2n) is 6.48. The van der Waals surface area contributed by atoms with E-state index in [0.717, 1.165) is 42.1 Å². The van der Waals surface area contributed by atoms with Gasteiger partial charge in [-0.1, -0.05) is 0 Å². The van der Waals surface area contributed by atoms with Crippen LogP contribution in [0.5, 0.6) is 0 Å². The number of nitrogens with zero attached hydrogens (tertiary/aromatic N) is 5. The third-order valence-electron chi connectivity index (χ3n) is 4.58. The SMILES string of the molecule is Cc1cnn(C[C@H]2CCCCN2C(=O)Cc2cn3ccsc3n2)c1. The summed E-state index contributed by atoms with van der Waals surface area (Å²) in [5, 5.41) is 6.37. The van der Waals surface area contributed by atoms with E-state index in [2.05, 4.69) is 10.1 Å². The second kappa shape index (κ2) is 6.39. The van der Waals surface area contributed by atoms with E-state index in [1.807, 2.05) is 51.1 Å². The Labute approximate surface area is 144 Å². The van der Waals surface area contributed by atoms with Crippen molar-refractivity contribution in [1.82, 2.24) is 24.1 Å². The molecule has 1 saturated heterocycles. The van der Waals surface area contributed by atoms with Gasteiger partial charge in [0.05, 0.1) is 30.9 Å². The van der Waals surface area contributed by atoms with E-state index in [1.54, 1.807) is 11.3 Å². The van der Waals surface area contributed by atoms with Crippen LogP contribution in [-0.2, 0) is 17.8 Å². The van der Waals surface area contributed by atoms with Crippen molar-refractivity contribution in [2.24, 2.45) is 0 Å². The summed E-state index contributed by atoms with van der Waals surface area (Å²) in [6, 6.07) is 0.231. The molecule has 0 radical (unpaired) electrons. The van der Waals surface area contributed by atoms with Crippen LogP contribution in [-0.4, -0.2) is 42.6 Å². The quantitative estimate of drug-likeness (QED) is 0.731. The molecule has 3 aromatic heterocycles. The lowest BCUT2D eigenvalue weighted by Gasteiger charge is -2.35. The molecule has 1 fully saturated rings. The normalized spacial score (nSPS) is 18.4. The summed E-state index contributed by atoms with van der Waals surface area (Å²) in [5.74, 6) is 0.175. The van der Waals surface area contributed by atoms with Crippen LogP contribution in [0.2, 0.25) is 0 Å². The molecule has 1 atom stereocenters. The minimum Gasteiger partial charge on any atom is -0.338 e. The van der Waals surface area contributed by atoms with Crippen molar-refractivity contribution in [1.29, 1.82) is 0 Å². The first-order valence-electron chi connectivity index (χ1n) is 8.38. The monoisotopic (exact) mass is 343 g/mol. The van der Waals surface area contributed by atoms with Crippen molar-refractivity contribution in [2.75, 3.05) is 6.54 Å². The van der Waals surface area contributed by atoms with Gasteiger partial charge in [-0.05, 0) is 31.7 Å². The molecule has 1 aliphatic rings. The first kappa shape index (κ1) is 15.4. The molecular weight excluding hydrogens is 322 g/mol. The first-order valence-corrected chi connectivity index (χ1v) is 9.26. The minimum absolute atomic E-state index is 0.175. The van der Waals surface area contributed by atoms with E-state index in [1.165, 1.54) is 6.42 Å². The maximum atomic E-state index is 12.8. The van der Waals surface area contributed by atoms with Crippen LogP contribution in [0.15, 0.2) is 30.2 Å². The van der Waals surface area contributed by atoms with E-state index in [4.69, 9.17) is 0 Å². The number of hydrogen-bond acceptors (Lipinski definition) is 4. The highest BCUT2D eigenvalue weighted by Crippen LogP contribution is 2.20. The Balaban J connectivity index is 1.46. The Kier molecular flexibility index (Phi) is 4.10. The van der Waals surface area contributed by atoms with Gasteiger partial charge in [0.1, 0.15) is 0 Å². The van der Waals surface area contributed by atoms with E-state index < -0.39 is 0 Å². The van der Waals surface area contributed by atoms with Gasteiger partial charge in [0.2, 0.25) is 5.91 Å². The summed E-state index contributed by atoms with van der Waals surface area (Å²) in [7, 11) is 0. The summed E-state index contributed by atoms with van der Waals surface area (Å²) >= 11 is 1.59. The molecule has 0 unspecified atom stereocenters. The summed E-state index contributed by atoms with van der Waals surface area (Å²) in [5.41, 5.74) is 2.01. The Bertz CT molecular complexity index is 820. The minimum atomic E-state index is 0.175. The van der Waals surface area contributed by atoms with Crippen LogP contribution < -0.4 is 0 Å². The van der Waals surface area contributed by atoms with Crippen molar-refractivity contribution in [2.45, 2.75) is 45.2 Å². The number of imidazole rings is 1. The maximum absolute atomic E-state index is 12.8. The van der Waals surface area contributed by atoms with Crippen LogP contribution in [0.1, 0.15) is 30.5 Å². The van der Waals surface area contributed by atoms with Crippen molar-refractivity contribution < 1.29 is 4.79 Å². The summed E-state index contributed by atoms with van der Waals surface area (Å²) in [4.78, 5) is 20.3. The van der Waals surface area contributed by atoms with Gasteiger partial charge >= 0.3 is 0 Å². The Morgan fingerprint density at radius 2 is 2.29 bits per heavy atom. The molecule has 4 rings (SSSR count). The number of carbonyl (C=O) groups excluding carboxylic acids is 1. The van der Waals surface area contributed by atoms with Gasteiger partial charge in [0.25, 0.3) is 0 Å². The number of thiazole rings is 1. The molecule has 4 heterocycles. The lowest BCUT2D eigenvalue weighted by molar-refractivity contribution is -0.134. The van der Waals surface area contributed by atoms with Gasteiger partial charge in [-0.25, -0.2) is 4.98 Å². The highest BCUT2D eigenvalue weighted by Gasteiger charge is 2.27. The zero-order valence-electron chi connectivity index (χ0n) is 13.8.